The van der Waals surface area contributed by atoms with Gasteiger partial charge in [-0.1, -0.05) is 28.1 Å². The Kier molecular flexibility index (Phi) is 5.29. The largest absolute Gasteiger partial charge is 0.396 e. The SMILES string of the molecule is Cc1ccc(CNC(C)CCO)cc1Br. The molecular formula is C12H18BrNO. The van der Waals surface area contributed by atoms with E-state index in [9.17, 15) is 0 Å². The molecular weight excluding hydrogens is 254 g/mol. The second kappa shape index (κ2) is 6.26. The zero-order valence-corrected chi connectivity index (χ0v) is 10.8. The van der Waals surface area contributed by atoms with Crippen molar-refractivity contribution in [1.82, 2.24) is 5.32 Å². The molecule has 0 aliphatic carbocycles. The van der Waals surface area contributed by atoms with Crippen LogP contribution in [-0.2, 0) is 6.54 Å². The number of hydrogen-bond donors (Lipinski definition) is 2. The second-order valence-electron chi connectivity index (χ2n) is 3.88. The Morgan fingerprint density at radius 2 is 2.20 bits per heavy atom. The van der Waals surface area contributed by atoms with Gasteiger partial charge < -0.3 is 10.4 Å². The van der Waals surface area contributed by atoms with Gasteiger partial charge in [0.15, 0.2) is 0 Å². The highest BCUT2D eigenvalue weighted by Gasteiger charge is 2.01. The summed E-state index contributed by atoms with van der Waals surface area (Å²) >= 11 is 3.52. The van der Waals surface area contributed by atoms with Gasteiger partial charge in [-0.2, -0.15) is 0 Å². The van der Waals surface area contributed by atoms with E-state index in [4.69, 9.17) is 5.11 Å². The molecule has 0 spiro atoms. The van der Waals surface area contributed by atoms with Gasteiger partial charge in [0.25, 0.3) is 0 Å². The van der Waals surface area contributed by atoms with Crippen molar-refractivity contribution in [3.05, 3.63) is 33.8 Å². The number of aliphatic hydroxyl groups excluding tert-OH is 1. The zero-order valence-electron chi connectivity index (χ0n) is 9.26. The lowest BCUT2D eigenvalue weighted by atomic mass is 10.1. The van der Waals surface area contributed by atoms with Crippen LogP contribution in [-0.4, -0.2) is 17.8 Å². The molecule has 1 aromatic carbocycles. The Balaban J connectivity index is 2.47. The van der Waals surface area contributed by atoms with Gasteiger partial charge in [0.1, 0.15) is 0 Å². The van der Waals surface area contributed by atoms with E-state index in [1.807, 2.05) is 0 Å². The fourth-order valence-electron chi connectivity index (χ4n) is 1.33. The van der Waals surface area contributed by atoms with E-state index in [0.717, 1.165) is 17.4 Å². The van der Waals surface area contributed by atoms with Gasteiger partial charge in [0.2, 0.25) is 0 Å². The first-order valence-electron chi connectivity index (χ1n) is 5.22. The molecule has 0 aliphatic heterocycles. The minimum atomic E-state index is 0.242. The highest BCUT2D eigenvalue weighted by molar-refractivity contribution is 9.10. The fourth-order valence-corrected chi connectivity index (χ4v) is 1.76. The van der Waals surface area contributed by atoms with Crippen molar-refractivity contribution in [2.45, 2.75) is 32.9 Å². The van der Waals surface area contributed by atoms with Crippen molar-refractivity contribution in [1.29, 1.82) is 0 Å². The molecule has 2 N–H and O–H groups in total. The standard InChI is InChI=1S/C12H18BrNO/c1-9-3-4-11(7-12(9)13)8-14-10(2)5-6-15/h3-4,7,10,14-15H,5-6,8H2,1-2H3. The summed E-state index contributed by atoms with van der Waals surface area (Å²) in [6, 6.07) is 6.72. The number of nitrogens with one attached hydrogen (secondary N) is 1. The number of hydrogen-bond acceptors (Lipinski definition) is 2. The van der Waals surface area contributed by atoms with E-state index < -0.39 is 0 Å². The maximum atomic E-state index is 8.77. The first kappa shape index (κ1) is 12.7. The molecule has 0 saturated carbocycles. The van der Waals surface area contributed by atoms with E-state index in [2.05, 4.69) is 53.3 Å². The van der Waals surface area contributed by atoms with Crippen LogP contribution in [0.15, 0.2) is 22.7 Å². The highest BCUT2D eigenvalue weighted by Crippen LogP contribution is 2.17. The van der Waals surface area contributed by atoms with Gasteiger partial charge in [0.05, 0.1) is 0 Å². The topological polar surface area (TPSA) is 32.3 Å². The van der Waals surface area contributed by atoms with Crippen LogP contribution in [0.25, 0.3) is 0 Å². The molecule has 0 heterocycles. The molecule has 1 aromatic rings. The number of halogens is 1. The van der Waals surface area contributed by atoms with E-state index >= 15 is 0 Å². The molecule has 1 atom stereocenters. The average molecular weight is 272 g/mol. The monoisotopic (exact) mass is 271 g/mol. The molecule has 1 rings (SSSR count). The Labute approximate surface area is 99.8 Å². The number of rotatable bonds is 5. The van der Waals surface area contributed by atoms with E-state index in [1.165, 1.54) is 11.1 Å². The number of benzene rings is 1. The summed E-state index contributed by atoms with van der Waals surface area (Å²) in [5, 5.41) is 12.1. The van der Waals surface area contributed by atoms with Crippen LogP contribution in [0.4, 0.5) is 0 Å². The third-order valence-electron chi connectivity index (χ3n) is 2.45. The summed E-state index contributed by atoms with van der Waals surface area (Å²) in [6.07, 6.45) is 0.799. The van der Waals surface area contributed by atoms with Crippen molar-refractivity contribution in [2.75, 3.05) is 6.61 Å². The van der Waals surface area contributed by atoms with E-state index in [-0.39, 0.29) is 6.61 Å². The Bertz CT molecular complexity index is 314. The van der Waals surface area contributed by atoms with Gasteiger partial charge in [0, 0.05) is 23.7 Å². The quantitative estimate of drug-likeness (QED) is 0.863. The van der Waals surface area contributed by atoms with Crippen molar-refractivity contribution >= 4 is 15.9 Å². The summed E-state index contributed by atoms with van der Waals surface area (Å²) < 4.78 is 1.15. The second-order valence-corrected chi connectivity index (χ2v) is 4.73. The maximum absolute atomic E-state index is 8.77. The summed E-state index contributed by atoms with van der Waals surface area (Å²) in [5.41, 5.74) is 2.51. The lowest BCUT2D eigenvalue weighted by Crippen LogP contribution is -2.26. The van der Waals surface area contributed by atoms with Gasteiger partial charge in [-0.05, 0) is 37.5 Å². The zero-order chi connectivity index (χ0) is 11.3. The first-order valence-corrected chi connectivity index (χ1v) is 6.02. The van der Waals surface area contributed by atoms with Crippen LogP contribution >= 0.6 is 15.9 Å². The van der Waals surface area contributed by atoms with Gasteiger partial charge in [-0.25, -0.2) is 0 Å². The fraction of sp³-hybridized carbons (Fsp3) is 0.500. The first-order chi connectivity index (χ1) is 7.13. The summed E-state index contributed by atoms with van der Waals surface area (Å²) in [6.45, 7) is 5.25. The Morgan fingerprint density at radius 1 is 1.47 bits per heavy atom. The lowest BCUT2D eigenvalue weighted by Gasteiger charge is -2.12. The van der Waals surface area contributed by atoms with Crippen molar-refractivity contribution in [2.24, 2.45) is 0 Å². The molecule has 84 valence electrons. The molecule has 0 radical (unpaired) electrons. The van der Waals surface area contributed by atoms with Crippen LogP contribution in [0.5, 0.6) is 0 Å². The van der Waals surface area contributed by atoms with Crippen LogP contribution in [0.3, 0.4) is 0 Å². The molecule has 2 nitrogen and oxygen atoms in total. The van der Waals surface area contributed by atoms with E-state index in [0.29, 0.717) is 6.04 Å². The lowest BCUT2D eigenvalue weighted by molar-refractivity contribution is 0.268. The summed E-state index contributed by atoms with van der Waals surface area (Å²) in [5.74, 6) is 0. The number of aliphatic hydroxyl groups is 1. The average Bonchev–Trinajstić information content (AvgIpc) is 2.20. The van der Waals surface area contributed by atoms with Crippen molar-refractivity contribution in [3.8, 4) is 0 Å². The summed E-state index contributed by atoms with van der Waals surface area (Å²) in [7, 11) is 0. The van der Waals surface area contributed by atoms with Gasteiger partial charge in [-0.15, -0.1) is 0 Å². The molecule has 0 amide bonds. The van der Waals surface area contributed by atoms with Crippen LogP contribution in [0, 0.1) is 6.92 Å². The number of aryl methyl sites for hydroxylation is 1. The summed E-state index contributed by atoms with van der Waals surface area (Å²) in [4.78, 5) is 0. The van der Waals surface area contributed by atoms with Gasteiger partial charge >= 0.3 is 0 Å². The Morgan fingerprint density at radius 3 is 2.80 bits per heavy atom. The third-order valence-corrected chi connectivity index (χ3v) is 3.31. The van der Waals surface area contributed by atoms with Crippen molar-refractivity contribution in [3.63, 3.8) is 0 Å². The molecule has 0 saturated heterocycles. The third kappa shape index (κ3) is 4.33. The predicted octanol–water partition coefficient (Wildman–Crippen LogP) is 2.62. The molecule has 0 fully saturated rings. The molecule has 1 unspecified atom stereocenters. The smallest absolute Gasteiger partial charge is 0.0445 e. The van der Waals surface area contributed by atoms with E-state index in [1.54, 1.807) is 0 Å². The van der Waals surface area contributed by atoms with Gasteiger partial charge in [-0.3, -0.25) is 0 Å². The highest BCUT2D eigenvalue weighted by atomic mass is 79.9. The molecule has 0 aliphatic rings. The molecule has 3 heteroatoms. The minimum Gasteiger partial charge on any atom is -0.396 e. The predicted molar refractivity (Wildman–Crippen MR) is 66.9 cm³/mol. The van der Waals surface area contributed by atoms with Crippen LogP contribution in [0.1, 0.15) is 24.5 Å². The molecule has 15 heavy (non-hydrogen) atoms. The van der Waals surface area contributed by atoms with Crippen LogP contribution < -0.4 is 5.32 Å². The van der Waals surface area contributed by atoms with Crippen LogP contribution in [0.2, 0.25) is 0 Å². The van der Waals surface area contributed by atoms with Crippen molar-refractivity contribution < 1.29 is 5.11 Å². The Hall–Kier alpha value is -0.380. The maximum Gasteiger partial charge on any atom is 0.0445 e. The minimum absolute atomic E-state index is 0.242. The molecule has 0 bridgehead atoms. The normalized spacial score (nSPS) is 12.8. The molecule has 0 aromatic heterocycles.